The third-order valence-corrected chi connectivity index (χ3v) is 7.49. The Morgan fingerprint density at radius 3 is 1.30 bits per heavy atom. The first-order valence-corrected chi connectivity index (χ1v) is 14.3. The van der Waals surface area contributed by atoms with E-state index in [9.17, 15) is 4.79 Å². The van der Waals surface area contributed by atoms with Gasteiger partial charge in [0.1, 0.15) is 0 Å². The minimum absolute atomic E-state index is 0.0247. The highest BCUT2D eigenvalue weighted by molar-refractivity contribution is 6.15. The molecule has 1 N–H and O–H groups in total. The maximum Gasteiger partial charge on any atom is 0.187 e. The van der Waals surface area contributed by atoms with Crippen LogP contribution in [0.1, 0.15) is 11.1 Å². The van der Waals surface area contributed by atoms with E-state index in [4.69, 9.17) is 10.2 Å². The number of carbonyl (C=O) groups is 1. The standard InChI is InChI=1S/C37H29N5O/c43-37-29(21-31-25-41(33-17-9-3-10-18-33)39-35(31)27-13-5-1-6-14-27)23-38-24-30(37)22-32-26-42(34-19-11-4-12-20-34)40-36(32)28-15-7-2-8-16-28/h1-22,25-26,38H,23-24H2/b29-21+,30-22+. The average Bonchev–Trinajstić information content (AvgIpc) is 3.69. The summed E-state index contributed by atoms with van der Waals surface area (Å²) in [4.78, 5) is 14.0. The minimum Gasteiger partial charge on any atom is -0.308 e. The number of hydrogen-bond donors (Lipinski definition) is 1. The quantitative estimate of drug-likeness (QED) is 0.223. The molecule has 208 valence electrons. The van der Waals surface area contributed by atoms with Crippen molar-refractivity contribution in [3.63, 3.8) is 0 Å². The number of carbonyl (C=O) groups excluding carboxylic acids is 1. The molecule has 0 saturated carbocycles. The van der Waals surface area contributed by atoms with Gasteiger partial charge in [-0.1, -0.05) is 97.1 Å². The van der Waals surface area contributed by atoms with Crippen molar-refractivity contribution in [1.29, 1.82) is 0 Å². The van der Waals surface area contributed by atoms with Crippen LogP contribution in [-0.2, 0) is 4.79 Å². The molecule has 3 heterocycles. The van der Waals surface area contributed by atoms with E-state index in [1.165, 1.54) is 0 Å². The van der Waals surface area contributed by atoms with Gasteiger partial charge in [0, 0.05) is 58.9 Å². The van der Waals surface area contributed by atoms with Gasteiger partial charge >= 0.3 is 0 Å². The summed E-state index contributed by atoms with van der Waals surface area (Å²) < 4.78 is 3.74. The maximum atomic E-state index is 14.0. The highest BCUT2D eigenvalue weighted by atomic mass is 16.1. The Bertz CT molecular complexity index is 1790. The summed E-state index contributed by atoms with van der Waals surface area (Å²) >= 11 is 0. The number of ketones is 1. The molecule has 6 nitrogen and oxygen atoms in total. The summed E-state index contributed by atoms with van der Waals surface area (Å²) in [6.07, 6.45) is 7.94. The topological polar surface area (TPSA) is 64.7 Å². The van der Waals surface area contributed by atoms with E-state index in [0.29, 0.717) is 24.2 Å². The van der Waals surface area contributed by atoms with Crippen molar-refractivity contribution < 1.29 is 4.79 Å². The molecule has 2 aromatic heterocycles. The van der Waals surface area contributed by atoms with Crippen LogP contribution in [0.15, 0.2) is 145 Å². The van der Waals surface area contributed by atoms with Crippen LogP contribution in [0.4, 0.5) is 0 Å². The van der Waals surface area contributed by atoms with Gasteiger partial charge in [0.15, 0.2) is 5.78 Å². The van der Waals surface area contributed by atoms with Crippen LogP contribution in [0.3, 0.4) is 0 Å². The Kier molecular flexibility index (Phi) is 7.17. The Hall–Kier alpha value is -5.59. The zero-order chi connectivity index (χ0) is 29.0. The van der Waals surface area contributed by atoms with Crippen molar-refractivity contribution >= 4 is 17.9 Å². The Morgan fingerprint density at radius 1 is 0.535 bits per heavy atom. The zero-order valence-electron chi connectivity index (χ0n) is 23.5. The first kappa shape index (κ1) is 26.3. The number of para-hydroxylation sites is 2. The molecule has 0 radical (unpaired) electrons. The van der Waals surface area contributed by atoms with Gasteiger partial charge in [-0.25, -0.2) is 9.36 Å². The fraction of sp³-hybridized carbons (Fsp3) is 0.0541. The number of Topliss-reactive ketones (excluding diaryl/α,β-unsaturated/α-hetero) is 1. The molecule has 1 fully saturated rings. The van der Waals surface area contributed by atoms with Gasteiger partial charge in [-0.15, -0.1) is 0 Å². The van der Waals surface area contributed by atoms with Crippen LogP contribution in [0, 0.1) is 0 Å². The molecule has 0 bridgehead atoms. The van der Waals surface area contributed by atoms with Gasteiger partial charge in [0.25, 0.3) is 0 Å². The maximum absolute atomic E-state index is 14.0. The monoisotopic (exact) mass is 559 g/mol. The SMILES string of the molecule is O=C1/C(=C/c2cn(-c3ccccc3)nc2-c2ccccc2)CNC/C1=C\c1cn(-c2ccccc2)nc1-c1ccccc1. The van der Waals surface area contributed by atoms with E-state index < -0.39 is 0 Å². The molecule has 0 unspecified atom stereocenters. The lowest BCUT2D eigenvalue weighted by molar-refractivity contribution is -0.112. The lowest BCUT2D eigenvalue weighted by Crippen LogP contribution is -2.32. The molecular formula is C37H29N5O. The number of rotatable bonds is 6. The third-order valence-electron chi connectivity index (χ3n) is 7.49. The smallest absolute Gasteiger partial charge is 0.187 e. The first-order valence-electron chi connectivity index (χ1n) is 14.3. The second-order valence-electron chi connectivity index (χ2n) is 10.4. The molecule has 0 spiro atoms. The fourth-order valence-corrected chi connectivity index (χ4v) is 5.36. The predicted molar refractivity (Wildman–Crippen MR) is 172 cm³/mol. The molecule has 1 saturated heterocycles. The zero-order valence-corrected chi connectivity index (χ0v) is 23.5. The van der Waals surface area contributed by atoms with Crippen LogP contribution in [-0.4, -0.2) is 38.4 Å². The van der Waals surface area contributed by atoms with E-state index in [-0.39, 0.29) is 5.78 Å². The van der Waals surface area contributed by atoms with Crippen LogP contribution < -0.4 is 5.32 Å². The highest BCUT2D eigenvalue weighted by Gasteiger charge is 2.23. The molecule has 6 aromatic rings. The van der Waals surface area contributed by atoms with E-state index in [0.717, 1.165) is 45.0 Å². The first-order chi connectivity index (χ1) is 21.2. The lowest BCUT2D eigenvalue weighted by Gasteiger charge is -2.18. The molecule has 1 aliphatic rings. The molecule has 0 amide bonds. The van der Waals surface area contributed by atoms with Crippen LogP contribution in [0.5, 0.6) is 0 Å². The van der Waals surface area contributed by atoms with Crippen molar-refractivity contribution in [2.45, 2.75) is 0 Å². The second-order valence-corrected chi connectivity index (χ2v) is 10.4. The Morgan fingerprint density at radius 2 is 0.907 bits per heavy atom. The summed E-state index contributed by atoms with van der Waals surface area (Å²) in [5, 5.41) is 13.3. The number of hydrogen-bond acceptors (Lipinski definition) is 4. The predicted octanol–water partition coefficient (Wildman–Crippen LogP) is 7.03. The summed E-state index contributed by atoms with van der Waals surface area (Å²) in [6, 6.07) is 40.2. The summed E-state index contributed by atoms with van der Waals surface area (Å²) in [5.74, 6) is 0.0247. The number of aromatic nitrogens is 4. The molecule has 43 heavy (non-hydrogen) atoms. The van der Waals surface area contributed by atoms with Gasteiger partial charge in [-0.3, -0.25) is 4.79 Å². The number of nitrogens with zero attached hydrogens (tertiary/aromatic N) is 4. The fourth-order valence-electron chi connectivity index (χ4n) is 5.36. The van der Waals surface area contributed by atoms with Crippen molar-refractivity contribution in [1.82, 2.24) is 24.9 Å². The molecule has 6 heteroatoms. The highest BCUT2D eigenvalue weighted by Crippen LogP contribution is 2.29. The van der Waals surface area contributed by atoms with Crippen molar-refractivity contribution in [3.8, 4) is 33.9 Å². The molecular weight excluding hydrogens is 530 g/mol. The Labute approximate surface area is 250 Å². The van der Waals surface area contributed by atoms with Gasteiger partial charge in [-0.2, -0.15) is 10.2 Å². The van der Waals surface area contributed by atoms with E-state index in [1.54, 1.807) is 0 Å². The number of nitrogens with one attached hydrogen (secondary N) is 1. The largest absolute Gasteiger partial charge is 0.308 e. The second kappa shape index (κ2) is 11.7. The number of piperidine rings is 1. The molecule has 4 aromatic carbocycles. The van der Waals surface area contributed by atoms with E-state index >= 15 is 0 Å². The van der Waals surface area contributed by atoms with Crippen LogP contribution in [0.25, 0.3) is 46.0 Å². The molecule has 1 aliphatic heterocycles. The van der Waals surface area contributed by atoms with Gasteiger partial charge in [0.2, 0.25) is 0 Å². The molecule has 0 aliphatic carbocycles. The minimum atomic E-state index is 0.0247. The Balaban J connectivity index is 1.28. The third kappa shape index (κ3) is 5.52. The average molecular weight is 560 g/mol. The van der Waals surface area contributed by atoms with Crippen molar-refractivity contribution in [2.75, 3.05) is 13.1 Å². The summed E-state index contributed by atoms with van der Waals surface area (Å²) in [6.45, 7) is 0.964. The molecule has 0 atom stereocenters. The van der Waals surface area contributed by atoms with E-state index in [1.807, 2.05) is 155 Å². The van der Waals surface area contributed by atoms with Gasteiger partial charge < -0.3 is 5.32 Å². The van der Waals surface area contributed by atoms with Crippen LogP contribution >= 0.6 is 0 Å². The molecule has 7 rings (SSSR count). The van der Waals surface area contributed by atoms with Crippen molar-refractivity contribution in [3.05, 3.63) is 156 Å². The van der Waals surface area contributed by atoms with Crippen LogP contribution in [0.2, 0.25) is 0 Å². The van der Waals surface area contributed by atoms with Gasteiger partial charge in [-0.05, 0) is 36.4 Å². The summed E-state index contributed by atoms with van der Waals surface area (Å²) in [5.41, 5.74) is 8.75. The van der Waals surface area contributed by atoms with E-state index in [2.05, 4.69) is 5.32 Å². The van der Waals surface area contributed by atoms with Gasteiger partial charge in [0.05, 0.1) is 22.8 Å². The normalized spacial score (nSPS) is 15.3. The van der Waals surface area contributed by atoms with Crippen molar-refractivity contribution in [2.24, 2.45) is 0 Å². The number of benzene rings is 4. The lowest BCUT2D eigenvalue weighted by atomic mass is 9.94. The summed E-state index contributed by atoms with van der Waals surface area (Å²) in [7, 11) is 0.